The summed E-state index contributed by atoms with van der Waals surface area (Å²) in [4.78, 5) is 23.2. The normalized spacial score (nSPS) is 13.9. The molecule has 6 heteroatoms. The first-order valence-electron chi connectivity index (χ1n) is 6.15. The summed E-state index contributed by atoms with van der Waals surface area (Å²) in [5, 5.41) is 11.7. The number of carboxylic acids is 1. The van der Waals surface area contributed by atoms with E-state index in [-0.39, 0.29) is 17.9 Å². The number of rotatable bonds is 5. The highest BCUT2D eigenvalue weighted by Gasteiger charge is 2.33. The molecule has 0 saturated heterocycles. The van der Waals surface area contributed by atoms with Crippen molar-refractivity contribution in [1.29, 1.82) is 0 Å². The number of hydrogen-bond donors (Lipinski definition) is 2. The summed E-state index contributed by atoms with van der Waals surface area (Å²) in [5.41, 5.74) is -0.767. The lowest BCUT2D eigenvalue weighted by Gasteiger charge is -2.33. The predicted molar refractivity (Wildman–Crippen MR) is 77.1 cm³/mol. The number of carbonyl (C=O) groups is 2. The van der Waals surface area contributed by atoms with Gasteiger partial charge >= 0.3 is 5.97 Å². The molecule has 20 heavy (non-hydrogen) atoms. The maximum Gasteiger partial charge on any atom is 0.305 e. The topological polar surface area (TPSA) is 66.4 Å². The van der Waals surface area contributed by atoms with E-state index in [0.717, 1.165) is 6.07 Å². The van der Waals surface area contributed by atoms with Crippen molar-refractivity contribution in [3.8, 4) is 0 Å². The number of carboxylic acid groups (broad SMARTS) is 1. The number of halogens is 2. The first-order chi connectivity index (χ1) is 9.15. The smallest absolute Gasteiger partial charge is 0.305 e. The first-order valence-corrected chi connectivity index (χ1v) is 6.94. The van der Waals surface area contributed by atoms with Crippen LogP contribution in [-0.4, -0.2) is 22.5 Å². The van der Waals surface area contributed by atoms with Gasteiger partial charge in [-0.25, -0.2) is 4.39 Å². The number of benzene rings is 1. The highest BCUT2D eigenvalue weighted by atomic mass is 79.9. The standard InChI is InChI=1S/C14H17BrFNO3/c1-8(2)14(3,7-12(18)19)17-13(20)10-6-9(16)4-5-11(10)15/h4-6,8H,7H2,1-3H3,(H,17,20)(H,18,19). The lowest BCUT2D eigenvalue weighted by molar-refractivity contribution is -0.138. The molecule has 2 N–H and O–H groups in total. The molecule has 0 fully saturated rings. The fraction of sp³-hybridized carbons (Fsp3) is 0.429. The van der Waals surface area contributed by atoms with Crippen molar-refractivity contribution in [2.45, 2.75) is 32.7 Å². The molecule has 1 unspecified atom stereocenters. The summed E-state index contributed by atoms with van der Waals surface area (Å²) in [7, 11) is 0. The summed E-state index contributed by atoms with van der Waals surface area (Å²) < 4.78 is 13.7. The molecule has 0 radical (unpaired) electrons. The van der Waals surface area contributed by atoms with Crippen LogP contribution in [0.5, 0.6) is 0 Å². The van der Waals surface area contributed by atoms with Crippen LogP contribution in [0.3, 0.4) is 0 Å². The highest BCUT2D eigenvalue weighted by molar-refractivity contribution is 9.10. The van der Waals surface area contributed by atoms with Crippen LogP contribution in [0.2, 0.25) is 0 Å². The number of hydrogen-bond acceptors (Lipinski definition) is 2. The van der Waals surface area contributed by atoms with E-state index in [0.29, 0.717) is 4.47 Å². The molecule has 1 amide bonds. The highest BCUT2D eigenvalue weighted by Crippen LogP contribution is 2.24. The number of carbonyl (C=O) groups excluding carboxylic acids is 1. The minimum atomic E-state index is -1.00. The molecule has 4 nitrogen and oxygen atoms in total. The molecule has 0 bridgehead atoms. The third-order valence-corrected chi connectivity index (χ3v) is 4.06. The van der Waals surface area contributed by atoms with Crippen molar-refractivity contribution in [2.24, 2.45) is 5.92 Å². The second kappa shape index (κ2) is 6.35. The van der Waals surface area contributed by atoms with Crippen molar-refractivity contribution in [1.82, 2.24) is 5.32 Å². The zero-order chi connectivity index (χ0) is 15.5. The van der Waals surface area contributed by atoms with Gasteiger partial charge in [0.1, 0.15) is 5.82 Å². The van der Waals surface area contributed by atoms with Gasteiger partial charge in [-0.1, -0.05) is 13.8 Å². The van der Waals surface area contributed by atoms with Crippen LogP contribution in [0.25, 0.3) is 0 Å². The van der Waals surface area contributed by atoms with Gasteiger partial charge in [-0.3, -0.25) is 9.59 Å². The molecule has 1 aromatic carbocycles. The van der Waals surface area contributed by atoms with Gasteiger partial charge in [0.15, 0.2) is 0 Å². The van der Waals surface area contributed by atoms with Gasteiger partial charge in [0.25, 0.3) is 5.91 Å². The Hall–Kier alpha value is -1.43. The van der Waals surface area contributed by atoms with Crippen LogP contribution in [0.4, 0.5) is 4.39 Å². The minimum Gasteiger partial charge on any atom is -0.481 e. The average Bonchev–Trinajstić information content (AvgIpc) is 2.30. The predicted octanol–water partition coefficient (Wildman–Crippen LogP) is 3.21. The molecule has 0 aliphatic rings. The van der Waals surface area contributed by atoms with Crippen LogP contribution < -0.4 is 5.32 Å². The van der Waals surface area contributed by atoms with Crippen molar-refractivity contribution in [3.05, 3.63) is 34.1 Å². The fourth-order valence-electron chi connectivity index (χ4n) is 1.70. The van der Waals surface area contributed by atoms with Gasteiger partial charge in [-0.2, -0.15) is 0 Å². The lowest BCUT2D eigenvalue weighted by Crippen LogP contribution is -2.51. The van der Waals surface area contributed by atoms with Gasteiger partial charge in [-0.15, -0.1) is 0 Å². The molecule has 0 aliphatic heterocycles. The van der Waals surface area contributed by atoms with Gasteiger partial charge in [-0.05, 0) is 47.0 Å². The van der Waals surface area contributed by atoms with Crippen LogP contribution in [0.1, 0.15) is 37.6 Å². The van der Waals surface area contributed by atoms with Crippen LogP contribution in [0.15, 0.2) is 22.7 Å². The molecule has 1 atom stereocenters. The lowest BCUT2D eigenvalue weighted by atomic mass is 9.85. The molecule has 0 heterocycles. The van der Waals surface area contributed by atoms with Crippen LogP contribution in [-0.2, 0) is 4.79 Å². The minimum absolute atomic E-state index is 0.0881. The summed E-state index contributed by atoms with van der Waals surface area (Å²) in [6.07, 6.45) is -0.205. The zero-order valence-corrected chi connectivity index (χ0v) is 13.1. The second-order valence-electron chi connectivity index (χ2n) is 5.22. The quantitative estimate of drug-likeness (QED) is 0.860. The molecule has 0 aliphatic carbocycles. The Morgan fingerprint density at radius 2 is 2.05 bits per heavy atom. The van der Waals surface area contributed by atoms with E-state index in [9.17, 15) is 14.0 Å². The second-order valence-corrected chi connectivity index (χ2v) is 6.08. The Morgan fingerprint density at radius 3 is 2.55 bits per heavy atom. The number of amides is 1. The third kappa shape index (κ3) is 4.03. The number of aliphatic carboxylic acids is 1. The summed E-state index contributed by atoms with van der Waals surface area (Å²) in [6, 6.07) is 3.79. The first kappa shape index (κ1) is 16.6. The van der Waals surface area contributed by atoms with Gasteiger partial charge < -0.3 is 10.4 Å². The molecular weight excluding hydrogens is 329 g/mol. The number of nitrogens with one attached hydrogen (secondary N) is 1. The molecular formula is C14H17BrFNO3. The Morgan fingerprint density at radius 1 is 1.45 bits per heavy atom. The van der Waals surface area contributed by atoms with Gasteiger partial charge in [0, 0.05) is 4.47 Å². The van der Waals surface area contributed by atoms with Gasteiger partial charge in [0.05, 0.1) is 17.5 Å². The SMILES string of the molecule is CC(C)C(C)(CC(=O)O)NC(=O)c1cc(F)ccc1Br. The van der Waals surface area contributed by atoms with Crippen molar-refractivity contribution < 1.29 is 19.1 Å². The molecule has 1 rings (SSSR count). The van der Waals surface area contributed by atoms with E-state index in [1.165, 1.54) is 12.1 Å². The fourth-order valence-corrected chi connectivity index (χ4v) is 2.13. The van der Waals surface area contributed by atoms with Crippen molar-refractivity contribution >= 4 is 27.8 Å². The van der Waals surface area contributed by atoms with Crippen LogP contribution >= 0.6 is 15.9 Å². The zero-order valence-electron chi connectivity index (χ0n) is 11.5. The Bertz CT molecular complexity index is 533. The van der Waals surface area contributed by atoms with E-state index in [1.807, 2.05) is 13.8 Å². The van der Waals surface area contributed by atoms with E-state index < -0.39 is 23.2 Å². The largest absolute Gasteiger partial charge is 0.481 e. The molecule has 110 valence electrons. The van der Waals surface area contributed by atoms with E-state index >= 15 is 0 Å². The molecule has 0 aromatic heterocycles. The third-order valence-electron chi connectivity index (χ3n) is 3.36. The van der Waals surface area contributed by atoms with Crippen molar-refractivity contribution in [3.63, 3.8) is 0 Å². The van der Waals surface area contributed by atoms with Gasteiger partial charge in [0.2, 0.25) is 0 Å². The Balaban J connectivity index is 3.02. The Kier molecular flexibility index (Phi) is 5.28. The molecule has 1 aromatic rings. The monoisotopic (exact) mass is 345 g/mol. The maximum absolute atomic E-state index is 13.2. The van der Waals surface area contributed by atoms with E-state index in [2.05, 4.69) is 21.2 Å². The molecule has 0 spiro atoms. The van der Waals surface area contributed by atoms with E-state index in [4.69, 9.17) is 5.11 Å². The van der Waals surface area contributed by atoms with Crippen molar-refractivity contribution in [2.75, 3.05) is 0 Å². The summed E-state index contributed by atoms with van der Waals surface area (Å²) in [5.74, 6) is -2.12. The molecule has 0 saturated carbocycles. The summed E-state index contributed by atoms with van der Waals surface area (Å²) >= 11 is 3.18. The average molecular weight is 346 g/mol. The Labute approximate surface area is 125 Å². The van der Waals surface area contributed by atoms with E-state index in [1.54, 1.807) is 6.92 Å². The summed E-state index contributed by atoms with van der Waals surface area (Å²) in [6.45, 7) is 5.31. The maximum atomic E-state index is 13.2. The van der Waals surface area contributed by atoms with Crippen LogP contribution in [0, 0.1) is 11.7 Å².